The Morgan fingerprint density at radius 3 is 2.45 bits per heavy atom. The minimum Gasteiger partial charge on any atom is -0.458 e. The molecule has 0 spiro atoms. The van der Waals surface area contributed by atoms with Gasteiger partial charge in [-0.15, -0.1) is 0 Å². The van der Waals surface area contributed by atoms with Gasteiger partial charge in [0.05, 0.1) is 29.5 Å². The summed E-state index contributed by atoms with van der Waals surface area (Å²) in [5, 5.41) is 36.8. The summed E-state index contributed by atoms with van der Waals surface area (Å²) >= 11 is 0. The van der Waals surface area contributed by atoms with Crippen LogP contribution in [0.2, 0.25) is 0 Å². The lowest BCUT2D eigenvalue weighted by atomic mass is 9.40. The maximum Gasteiger partial charge on any atom is 0.331 e. The second kappa shape index (κ2) is 9.79. The van der Waals surface area contributed by atoms with Crippen LogP contribution in [0.1, 0.15) is 72.6 Å². The molecule has 244 valence electrons. The van der Waals surface area contributed by atoms with Crippen molar-refractivity contribution in [3.8, 4) is 0 Å². The molecule has 12 heteroatoms. The largest absolute Gasteiger partial charge is 0.458 e. The van der Waals surface area contributed by atoms with Crippen molar-refractivity contribution < 1.29 is 58.1 Å². The molecule has 0 unspecified atom stereocenters. The molecule has 0 aromatic carbocycles. The molecule has 4 saturated carbocycles. The number of carbonyl (C=O) groups excluding carboxylic acids is 3. The summed E-state index contributed by atoms with van der Waals surface area (Å²) in [4.78, 5) is 39.4. The van der Waals surface area contributed by atoms with Gasteiger partial charge in [0.2, 0.25) is 12.1 Å². The Morgan fingerprint density at radius 2 is 1.80 bits per heavy atom. The molecule has 0 bridgehead atoms. The third-order valence-corrected chi connectivity index (χ3v) is 12.8. The second-order valence-corrected chi connectivity index (χ2v) is 14.8. The number of esters is 2. The Labute approximate surface area is 256 Å². The van der Waals surface area contributed by atoms with Crippen LogP contribution in [0.5, 0.6) is 0 Å². The first kappa shape index (κ1) is 30.7. The second-order valence-electron chi connectivity index (χ2n) is 14.8. The molecule has 4 aliphatic carbocycles. The van der Waals surface area contributed by atoms with E-state index >= 15 is 0 Å². The van der Waals surface area contributed by atoms with Crippen molar-refractivity contribution in [2.75, 3.05) is 13.7 Å². The zero-order chi connectivity index (χ0) is 31.6. The van der Waals surface area contributed by atoms with Crippen LogP contribution in [0.4, 0.5) is 0 Å². The fraction of sp³-hybridized carbons (Fsp3) is 0.844. The number of hydrogen-bond donors (Lipinski definition) is 3. The smallest absolute Gasteiger partial charge is 0.331 e. The standard InChI is InChI=1S/C32H44O12/c1-15-10-22(39-5)32(38)27(41-15)43-20-13-30(36)8-6-19-24(28(30,3)12-21(20)44-32)25(35)26(42-16(2)33)29(4)18(7-9-31(19,29)37)17-11-23(34)40-14-17/h11,15,18-22,24,26-27,36-38H,6-10,12-14H2,1-5H3/t15-,18-,19-,20-,21-,22-,24-,26+,27+,28-,29+,30+,31+,32+/m1/s1. The van der Waals surface area contributed by atoms with Gasteiger partial charge in [0, 0.05) is 49.7 Å². The fourth-order valence-electron chi connectivity index (χ4n) is 10.6. The van der Waals surface area contributed by atoms with Crippen molar-refractivity contribution in [1.29, 1.82) is 0 Å². The molecule has 0 aromatic heterocycles. The minimum absolute atomic E-state index is 0.0665. The van der Waals surface area contributed by atoms with E-state index in [4.69, 9.17) is 28.4 Å². The Kier molecular flexibility index (Phi) is 6.83. The number of carbonyl (C=O) groups is 3. The van der Waals surface area contributed by atoms with Gasteiger partial charge in [0.1, 0.15) is 12.7 Å². The predicted molar refractivity (Wildman–Crippen MR) is 148 cm³/mol. The summed E-state index contributed by atoms with van der Waals surface area (Å²) in [6.07, 6.45) is -1.11. The Balaban J connectivity index is 1.28. The third-order valence-electron chi connectivity index (χ3n) is 12.8. The van der Waals surface area contributed by atoms with E-state index in [2.05, 4.69) is 0 Å². The van der Waals surface area contributed by atoms with Crippen LogP contribution in [-0.2, 0) is 42.8 Å². The molecule has 7 aliphatic rings. The highest BCUT2D eigenvalue weighted by molar-refractivity contribution is 5.91. The molecule has 0 aromatic rings. The minimum atomic E-state index is -1.89. The molecule has 0 amide bonds. The number of aliphatic hydroxyl groups is 3. The van der Waals surface area contributed by atoms with E-state index in [-0.39, 0.29) is 31.3 Å². The van der Waals surface area contributed by atoms with E-state index in [0.29, 0.717) is 37.7 Å². The Morgan fingerprint density at radius 1 is 1.05 bits per heavy atom. The van der Waals surface area contributed by atoms with Crippen LogP contribution in [0, 0.1) is 28.6 Å². The topological polar surface area (TPSA) is 167 Å². The molecular weight excluding hydrogens is 576 g/mol. The van der Waals surface area contributed by atoms with Gasteiger partial charge in [-0.1, -0.05) is 13.8 Å². The number of fused-ring (bicyclic) bond motifs is 7. The highest BCUT2D eigenvalue weighted by Gasteiger charge is 2.78. The summed E-state index contributed by atoms with van der Waals surface area (Å²) in [5.74, 6) is -5.21. The molecule has 6 fully saturated rings. The SMILES string of the molecule is CO[C@@H]1C[C@@H](C)O[C@H]2O[C@@H]3C[C@@]4(O)CC[C@@H]5[C@H](C(=O)[C@H](OC(C)=O)[C@]6(C)[C@@H](C7=CC(=O)OC7)CC[C@]56O)[C@@]4(C)C[C@H]3O[C@]21O. The van der Waals surface area contributed by atoms with E-state index < -0.39 is 88.2 Å². The van der Waals surface area contributed by atoms with E-state index in [1.54, 1.807) is 6.92 Å². The maximum absolute atomic E-state index is 14.8. The number of methoxy groups -OCH3 is 1. The molecule has 12 nitrogen and oxygen atoms in total. The van der Waals surface area contributed by atoms with Crippen molar-refractivity contribution in [3.63, 3.8) is 0 Å². The van der Waals surface area contributed by atoms with Crippen molar-refractivity contribution in [3.05, 3.63) is 11.6 Å². The molecule has 3 N–H and O–H groups in total. The van der Waals surface area contributed by atoms with Gasteiger partial charge >= 0.3 is 11.9 Å². The van der Waals surface area contributed by atoms with Gasteiger partial charge in [0.25, 0.3) is 0 Å². The number of ether oxygens (including phenoxy) is 6. The first-order chi connectivity index (χ1) is 20.6. The zero-order valence-electron chi connectivity index (χ0n) is 25.9. The number of hydrogen-bond acceptors (Lipinski definition) is 12. The van der Waals surface area contributed by atoms with Crippen molar-refractivity contribution in [1.82, 2.24) is 0 Å². The monoisotopic (exact) mass is 620 g/mol. The van der Waals surface area contributed by atoms with Gasteiger partial charge in [-0.25, -0.2) is 4.79 Å². The van der Waals surface area contributed by atoms with Crippen LogP contribution in [-0.4, -0.2) is 101 Å². The highest BCUT2D eigenvalue weighted by Crippen LogP contribution is 2.70. The fourth-order valence-corrected chi connectivity index (χ4v) is 10.6. The summed E-state index contributed by atoms with van der Waals surface area (Å²) in [5.41, 5.74) is -4.46. The molecule has 0 radical (unpaired) electrons. The Hall–Kier alpha value is -1.93. The molecule has 7 rings (SSSR count). The summed E-state index contributed by atoms with van der Waals surface area (Å²) in [7, 11) is 1.49. The van der Waals surface area contributed by atoms with E-state index in [0.717, 1.165) is 0 Å². The number of rotatable bonds is 3. The quantitative estimate of drug-likeness (QED) is 0.306. The summed E-state index contributed by atoms with van der Waals surface area (Å²) < 4.78 is 35.2. The van der Waals surface area contributed by atoms with Gasteiger partial charge in [-0.3, -0.25) is 9.59 Å². The summed E-state index contributed by atoms with van der Waals surface area (Å²) in [6.45, 7) is 6.80. The van der Waals surface area contributed by atoms with Gasteiger partial charge in [0.15, 0.2) is 11.9 Å². The molecule has 14 atom stereocenters. The van der Waals surface area contributed by atoms with Crippen LogP contribution in [0.25, 0.3) is 0 Å². The summed E-state index contributed by atoms with van der Waals surface area (Å²) in [6, 6.07) is 0. The third kappa shape index (κ3) is 3.85. The van der Waals surface area contributed by atoms with E-state index in [1.807, 2.05) is 13.8 Å². The highest BCUT2D eigenvalue weighted by atomic mass is 16.8. The molecule has 44 heavy (non-hydrogen) atoms. The number of cyclic esters (lactones) is 1. The number of ketones is 1. The van der Waals surface area contributed by atoms with Gasteiger partial charge in [-0.05, 0) is 56.4 Å². The zero-order valence-corrected chi connectivity index (χ0v) is 25.9. The lowest BCUT2D eigenvalue weighted by Crippen LogP contribution is -2.77. The van der Waals surface area contributed by atoms with Crippen LogP contribution < -0.4 is 0 Å². The predicted octanol–water partition coefficient (Wildman–Crippen LogP) is 1.31. The van der Waals surface area contributed by atoms with Crippen LogP contribution in [0.15, 0.2) is 11.6 Å². The van der Waals surface area contributed by atoms with E-state index in [1.165, 1.54) is 20.1 Å². The average Bonchev–Trinajstić information content (AvgIpc) is 3.49. The van der Waals surface area contributed by atoms with Crippen LogP contribution >= 0.6 is 0 Å². The molecular formula is C32H44O12. The first-order valence-corrected chi connectivity index (χ1v) is 15.9. The van der Waals surface area contributed by atoms with Gasteiger partial charge in [-0.2, -0.15) is 0 Å². The van der Waals surface area contributed by atoms with Crippen molar-refractivity contribution in [2.24, 2.45) is 28.6 Å². The van der Waals surface area contributed by atoms with Gasteiger partial charge < -0.3 is 43.7 Å². The molecule has 2 saturated heterocycles. The van der Waals surface area contributed by atoms with Crippen molar-refractivity contribution >= 4 is 17.7 Å². The van der Waals surface area contributed by atoms with E-state index in [9.17, 15) is 29.7 Å². The van der Waals surface area contributed by atoms with Crippen molar-refractivity contribution in [2.45, 2.75) is 126 Å². The number of Topliss-reactive ketones (excluding diaryl/α,β-unsaturated/α-hetero) is 1. The Bertz CT molecular complexity index is 1300. The average molecular weight is 621 g/mol. The molecule has 3 heterocycles. The lowest BCUT2D eigenvalue weighted by Gasteiger charge is -2.67. The first-order valence-electron chi connectivity index (χ1n) is 15.9. The molecule has 3 aliphatic heterocycles. The normalized spacial score (nSPS) is 54.6. The van der Waals surface area contributed by atoms with Crippen LogP contribution in [0.3, 0.4) is 0 Å². The maximum atomic E-state index is 14.8. The lowest BCUT2D eigenvalue weighted by molar-refractivity contribution is -0.463.